The Bertz CT molecular complexity index is 368. The van der Waals surface area contributed by atoms with Gasteiger partial charge in [-0.15, -0.1) is 0 Å². The van der Waals surface area contributed by atoms with E-state index in [4.69, 9.17) is 0 Å². The molecule has 20 heavy (non-hydrogen) atoms. The second kappa shape index (κ2) is 8.43. The van der Waals surface area contributed by atoms with Crippen LogP contribution in [-0.4, -0.2) is 17.3 Å². The molecule has 1 aromatic rings. The maximum Gasteiger partial charge on any atom is 0.0766 e. The van der Waals surface area contributed by atoms with E-state index in [9.17, 15) is 5.11 Å². The number of benzene rings is 1. The SMILES string of the molecule is CCCCc1ccc(C(C)NCC(O)(CC)CC)cc1. The molecular formula is C18H31NO. The number of nitrogens with one attached hydrogen (secondary N) is 1. The Morgan fingerprint density at radius 1 is 1.10 bits per heavy atom. The van der Waals surface area contributed by atoms with E-state index in [0.29, 0.717) is 6.54 Å². The smallest absolute Gasteiger partial charge is 0.0766 e. The molecule has 0 radical (unpaired) electrons. The number of aliphatic hydroxyl groups is 1. The van der Waals surface area contributed by atoms with Crippen LogP contribution >= 0.6 is 0 Å². The van der Waals surface area contributed by atoms with Crippen LogP contribution in [0.3, 0.4) is 0 Å². The Hall–Kier alpha value is -0.860. The second-order valence-corrected chi connectivity index (χ2v) is 5.88. The van der Waals surface area contributed by atoms with Gasteiger partial charge in [-0.05, 0) is 43.7 Å². The van der Waals surface area contributed by atoms with E-state index < -0.39 is 5.60 Å². The van der Waals surface area contributed by atoms with Crippen molar-refractivity contribution in [2.45, 2.75) is 71.4 Å². The van der Waals surface area contributed by atoms with Crippen molar-refractivity contribution in [2.24, 2.45) is 0 Å². The number of rotatable bonds is 9. The molecule has 0 aliphatic heterocycles. The molecule has 114 valence electrons. The van der Waals surface area contributed by atoms with Crippen LogP contribution in [0.5, 0.6) is 0 Å². The van der Waals surface area contributed by atoms with E-state index in [1.165, 1.54) is 30.4 Å². The molecule has 0 spiro atoms. The van der Waals surface area contributed by atoms with Gasteiger partial charge in [0, 0.05) is 12.6 Å². The molecule has 0 aliphatic rings. The Morgan fingerprint density at radius 2 is 1.70 bits per heavy atom. The monoisotopic (exact) mass is 277 g/mol. The van der Waals surface area contributed by atoms with Crippen molar-refractivity contribution in [1.29, 1.82) is 0 Å². The van der Waals surface area contributed by atoms with Crippen LogP contribution in [0, 0.1) is 0 Å². The zero-order chi connectivity index (χ0) is 15.0. The predicted molar refractivity (Wildman–Crippen MR) is 87.0 cm³/mol. The summed E-state index contributed by atoms with van der Waals surface area (Å²) in [6, 6.07) is 9.16. The van der Waals surface area contributed by atoms with Crippen molar-refractivity contribution in [3.63, 3.8) is 0 Å². The predicted octanol–water partition coefficient (Wildman–Crippen LogP) is 4.23. The van der Waals surface area contributed by atoms with Crippen molar-refractivity contribution < 1.29 is 5.11 Å². The van der Waals surface area contributed by atoms with Crippen molar-refractivity contribution in [2.75, 3.05) is 6.54 Å². The molecule has 0 amide bonds. The summed E-state index contributed by atoms with van der Waals surface area (Å²) in [6.45, 7) is 9.12. The summed E-state index contributed by atoms with van der Waals surface area (Å²) in [6.07, 6.45) is 5.25. The zero-order valence-corrected chi connectivity index (χ0v) is 13.6. The highest BCUT2D eigenvalue weighted by Gasteiger charge is 2.22. The molecule has 0 aromatic heterocycles. The van der Waals surface area contributed by atoms with Crippen LogP contribution in [-0.2, 0) is 6.42 Å². The normalized spacial score (nSPS) is 13.4. The van der Waals surface area contributed by atoms with Gasteiger partial charge in [0.25, 0.3) is 0 Å². The molecule has 0 fully saturated rings. The summed E-state index contributed by atoms with van der Waals surface area (Å²) < 4.78 is 0. The van der Waals surface area contributed by atoms with E-state index in [1.807, 2.05) is 13.8 Å². The fraction of sp³-hybridized carbons (Fsp3) is 0.667. The first-order valence-corrected chi connectivity index (χ1v) is 8.09. The lowest BCUT2D eigenvalue weighted by molar-refractivity contribution is 0.0303. The largest absolute Gasteiger partial charge is 0.389 e. The van der Waals surface area contributed by atoms with Gasteiger partial charge in [0.15, 0.2) is 0 Å². The van der Waals surface area contributed by atoms with Crippen LogP contribution < -0.4 is 5.32 Å². The standard InChI is InChI=1S/C18H31NO/c1-5-8-9-16-10-12-17(13-11-16)15(4)19-14-18(20,6-2)7-3/h10-13,15,19-20H,5-9,14H2,1-4H3. The maximum atomic E-state index is 10.3. The molecule has 0 saturated carbocycles. The number of aryl methyl sites for hydroxylation is 1. The van der Waals surface area contributed by atoms with Gasteiger partial charge in [0.1, 0.15) is 0 Å². The average Bonchev–Trinajstić information content (AvgIpc) is 2.50. The van der Waals surface area contributed by atoms with Gasteiger partial charge in [-0.2, -0.15) is 0 Å². The van der Waals surface area contributed by atoms with Crippen molar-refractivity contribution >= 4 is 0 Å². The summed E-state index contributed by atoms with van der Waals surface area (Å²) in [7, 11) is 0. The molecule has 0 saturated heterocycles. The number of hydrogen-bond donors (Lipinski definition) is 2. The van der Waals surface area contributed by atoms with E-state index in [0.717, 1.165) is 12.8 Å². The van der Waals surface area contributed by atoms with Gasteiger partial charge in [0.05, 0.1) is 5.60 Å². The minimum Gasteiger partial charge on any atom is -0.389 e. The van der Waals surface area contributed by atoms with Crippen molar-refractivity contribution in [3.8, 4) is 0 Å². The molecule has 2 N–H and O–H groups in total. The molecular weight excluding hydrogens is 246 g/mol. The number of hydrogen-bond acceptors (Lipinski definition) is 2. The minimum atomic E-state index is -0.574. The van der Waals surface area contributed by atoms with E-state index in [-0.39, 0.29) is 6.04 Å². The summed E-state index contributed by atoms with van der Waals surface area (Å²) in [5.41, 5.74) is 2.14. The lowest BCUT2D eigenvalue weighted by atomic mass is 9.96. The molecule has 2 heteroatoms. The van der Waals surface area contributed by atoms with Gasteiger partial charge < -0.3 is 10.4 Å². The highest BCUT2D eigenvalue weighted by atomic mass is 16.3. The van der Waals surface area contributed by atoms with Crippen LogP contribution in [0.15, 0.2) is 24.3 Å². The molecule has 1 atom stereocenters. The van der Waals surface area contributed by atoms with Crippen LogP contribution in [0.2, 0.25) is 0 Å². The fourth-order valence-corrected chi connectivity index (χ4v) is 2.31. The summed E-state index contributed by atoms with van der Waals surface area (Å²) in [4.78, 5) is 0. The van der Waals surface area contributed by atoms with Crippen molar-refractivity contribution in [1.82, 2.24) is 5.32 Å². The van der Waals surface area contributed by atoms with Crippen LogP contribution in [0.1, 0.15) is 70.5 Å². The third kappa shape index (κ3) is 5.26. The third-order valence-electron chi connectivity index (χ3n) is 4.35. The Labute approximate surface area is 124 Å². The maximum absolute atomic E-state index is 10.3. The average molecular weight is 277 g/mol. The van der Waals surface area contributed by atoms with E-state index in [2.05, 4.69) is 43.4 Å². The highest BCUT2D eigenvalue weighted by molar-refractivity contribution is 5.24. The van der Waals surface area contributed by atoms with Crippen molar-refractivity contribution in [3.05, 3.63) is 35.4 Å². The summed E-state index contributed by atoms with van der Waals surface area (Å²) in [5.74, 6) is 0. The van der Waals surface area contributed by atoms with Crippen LogP contribution in [0.25, 0.3) is 0 Å². The quantitative estimate of drug-likeness (QED) is 0.708. The zero-order valence-electron chi connectivity index (χ0n) is 13.6. The summed E-state index contributed by atoms with van der Waals surface area (Å²) in [5, 5.41) is 13.8. The fourth-order valence-electron chi connectivity index (χ4n) is 2.31. The van der Waals surface area contributed by atoms with Gasteiger partial charge in [0.2, 0.25) is 0 Å². The van der Waals surface area contributed by atoms with Gasteiger partial charge in [-0.25, -0.2) is 0 Å². The second-order valence-electron chi connectivity index (χ2n) is 5.88. The Morgan fingerprint density at radius 3 is 2.20 bits per heavy atom. The molecule has 0 aliphatic carbocycles. The Balaban J connectivity index is 2.53. The van der Waals surface area contributed by atoms with Gasteiger partial charge >= 0.3 is 0 Å². The van der Waals surface area contributed by atoms with Gasteiger partial charge in [-0.1, -0.05) is 51.5 Å². The van der Waals surface area contributed by atoms with Gasteiger partial charge in [-0.3, -0.25) is 0 Å². The lowest BCUT2D eigenvalue weighted by Gasteiger charge is -2.27. The van der Waals surface area contributed by atoms with E-state index >= 15 is 0 Å². The molecule has 1 unspecified atom stereocenters. The molecule has 0 heterocycles. The topological polar surface area (TPSA) is 32.3 Å². The molecule has 0 bridgehead atoms. The first kappa shape index (κ1) is 17.2. The third-order valence-corrected chi connectivity index (χ3v) is 4.35. The first-order chi connectivity index (χ1) is 9.54. The molecule has 1 aromatic carbocycles. The molecule has 1 rings (SSSR count). The lowest BCUT2D eigenvalue weighted by Crippen LogP contribution is -2.40. The first-order valence-electron chi connectivity index (χ1n) is 8.09. The van der Waals surface area contributed by atoms with E-state index in [1.54, 1.807) is 0 Å². The summed E-state index contributed by atoms with van der Waals surface area (Å²) >= 11 is 0. The minimum absolute atomic E-state index is 0.278. The highest BCUT2D eigenvalue weighted by Crippen LogP contribution is 2.18. The van der Waals surface area contributed by atoms with Crippen LogP contribution in [0.4, 0.5) is 0 Å². The number of unbranched alkanes of at least 4 members (excludes halogenated alkanes) is 1. The molecule has 2 nitrogen and oxygen atoms in total. The Kier molecular flexibility index (Phi) is 7.25.